The first-order valence-electron chi connectivity index (χ1n) is 6.06. The second-order valence-electron chi connectivity index (χ2n) is 4.45. The summed E-state index contributed by atoms with van der Waals surface area (Å²) in [6, 6.07) is 3.79. The van der Waals surface area contributed by atoms with Gasteiger partial charge < -0.3 is 4.98 Å². The predicted octanol–water partition coefficient (Wildman–Crippen LogP) is 1.29. The maximum Gasteiger partial charge on any atom is 0.251 e. The van der Waals surface area contributed by atoms with E-state index in [1.165, 1.54) is 12.3 Å². The van der Waals surface area contributed by atoms with Gasteiger partial charge in [-0.2, -0.15) is 5.26 Å². The number of nitriles is 1. The quantitative estimate of drug-likeness (QED) is 0.801. The Morgan fingerprint density at radius 1 is 1.78 bits per heavy atom. The van der Waals surface area contributed by atoms with E-state index in [0.29, 0.717) is 10.4 Å². The van der Waals surface area contributed by atoms with Crippen molar-refractivity contribution in [2.45, 2.75) is 42.1 Å². The van der Waals surface area contributed by atoms with E-state index >= 15 is 0 Å². The van der Waals surface area contributed by atoms with Crippen molar-refractivity contribution in [1.82, 2.24) is 15.3 Å². The molecule has 0 bridgehead atoms. The van der Waals surface area contributed by atoms with Crippen molar-refractivity contribution in [2.75, 3.05) is 6.54 Å². The largest absolute Gasteiger partial charge is 0.301 e. The number of rotatable bonds is 4. The Bertz CT molecular complexity index is 509. The second-order valence-corrected chi connectivity index (χ2v) is 5.74. The van der Waals surface area contributed by atoms with Crippen molar-refractivity contribution in [2.24, 2.45) is 0 Å². The zero-order valence-electron chi connectivity index (χ0n) is 10.3. The van der Waals surface area contributed by atoms with E-state index in [9.17, 15) is 10.1 Å². The average molecular weight is 264 g/mol. The first-order chi connectivity index (χ1) is 8.67. The molecule has 1 aliphatic carbocycles. The molecule has 2 atom stereocenters. The summed E-state index contributed by atoms with van der Waals surface area (Å²) < 4.78 is 0. The second kappa shape index (κ2) is 5.55. The molecule has 2 rings (SSSR count). The number of H-pyrrole nitrogens is 1. The molecular weight excluding hydrogens is 248 g/mol. The molecule has 0 amide bonds. The Morgan fingerprint density at radius 2 is 2.61 bits per heavy atom. The van der Waals surface area contributed by atoms with Crippen LogP contribution in [0.1, 0.15) is 26.2 Å². The molecule has 2 N–H and O–H groups in total. The van der Waals surface area contributed by atoms with Crippen molar-refractivity contribution in [3.8, 4) is 6.07 Å². The maximum absolute atomic E-state index is 11.2. The van der Waals surface area contributed by atoms with Crippen LogP contribution in [0.25, 0.3) is 0 Å². The molecule has 18 heavy (non-hydrogen) atoms. The minimum absolute atomic E-state index is 0.135. The van der Waals surface area contributed by atoms with Crippen molar-refractivity contribution in [3.05, 3.63) is 22.6 Å². The van der Waals surface area contributed by atoms with E-state index < -0.39 is 5.54 Å². The predicted molar refractivity (Wildman–Crippen MR) is 70.4 cm³/mol. The smallest absolute Gasteiger partial charge is 0.251 e. The summed E-state index contributed by atoms with van der Waals surface area (Å²) in [5.41, 5.74) is -0.537. The zero-order valence-corrected chi connectivity index (χ0v) is 11.1. The van der Waals surface area contributed by atoms with Crippen LogP contribution in [0.5, 0.6) is 0 Å². The van der Waals surface area contributed by atoms with E-state index in [1.54, 1.807) is 11.8 Å². The van der Waals surface area contributed by atoms with Crippen LogP contribution in [0.2, 0.25) is 0 Å². The van der Waals surface area contributed by atoms with Gasteiger partial charge in [0.15, 0.2) is 5.16 Å². The molecule has 2 unspecified atom stereocenters. The van der Waals surface area contributed by atoms with E-state index in [4.69, 9.17) is 0 Å². The van der Waals surface area contributed by atoms with Crippen LogP contribution in [0.15, 0.2) is 22.2 Å². The van der Waals surface area contributed by atoms with E-state index in [2.05, 4.69) is 21.4 Å². The van der Waals surface area contributed by atoms with Crippen LogP contribution in [-0.4, -0.2) is 27.3 Å². The minimum Gasteiger partial charge on any atom is -0.301 e. The fraction of sp³-hybridized carbons (Fsp3) is 0.583. The molecule has 0 spiro atoms. The van der Waals surface area contributed by atoms with Crippen LogP contribution in [0.3, 0.4) is 0 Å². The summed E-state index contributed by atoms with van der Waals surface area (Å²) in [6.07, 6.45) is 4.12. The fourth-order valence-corrected chi connectivity index (χ4v) is 3.51. The monoisotopic (exact) mass is 264 g/mol. The van der Waals surface area contributed by atoms with Gasteiger partial charge in [-0.25, -0.2) is 4.98 Å². The molecular formula is C12H16N4OS. The van der Waals surface area contributed by atoms with Gasteiger partial charge in [0.05, 0.1) is 6.07 Å². The van der Waals surface area contributed by atoms with Crippen LogP contribution in [-0.2, 0) is 0 Å². The van der Waals surface area contributed by atoms with Crippen molar-refractivity contribution >= 4 is 11.8 Å². The van der Waals surface area contributed by atoms with Gasteiger partial charge in [0.25, 0.3) is 5.56 Å². The highest BCUT2D eigenvalue weighted by atomic mass is 32.2. The van der Waals surface area contributed by atoms with Crippen LogP contribution < -0.4 is 10.9 Å². The Kier molecular flexibility index (Phi) is 4.04. The topological polar surface area (TPSA) is 81.6 Å². The average Bonchev–Trinajstić information content (AvgIpc) is 2.74. The van der Waals surface area contributed by atoms with E-state index in [0.717, 1.165) is 25.8 Å². The maximum atomic E-state index is 11.2. The molecule has 1 fully saturated rings. The Hall–Kier alpha value is -1.32. The first kappa shape index (κ1) is 13.1. The van der Waals surface area contributed by atoms with Gasteiger partial charge in [0.1, 0.15) is 5.54 Å². The van der Waals surface area contributed by atoms with Crippen molar-refractivity contribution in [1.29, 1.82) is 5.26 Å². The summed E-state index contributed by atoms with van der Waals surface area (Å²) in [7, 11) is 0. The fourth-order valence-electron chi connectivity index (χ4n) is 2.31. The molecule has 0 aliphatic heterocycles. The van der Waals surface area contributed by atoms with Gasteiger partial charge in [-0.05, 0) is 25.8 Å². The molecule has 1 aromatic heterocycles. The minimum atomic E-state index is -0.401. The third kappa shape index (κ3) is 2.92. The number of nitrogens with one attached hydrogen (secondary N) is 2. The Labute approximate surface area is 110 Å². The number of hydrogen-bond acceptors (Lipinski definition) is 5. The lowest BCUT2D eigenvalue weighted by Gasteiger charge is -2.21. The lowest BCUT2D eigenvalue weighted by atomic mass is 10.0. The lowest BCUT2D eigenvalue weighted by Crippen LogP contribution is -2.41. The molecule has 1 heterocycles. The third-order valence-corrected chi connectivity index (χ3v) is 4.29. The molecule has 0 aromatic carbocycles. The number of aromatic amines is 1. The Balaban J connectivity index is 2.01. The van der Waals surface area contributed by atoms with Gasteiger partial charge >= 0.3 is 0 Å². The number of nitrogens with zero attached hydrogens (tertiary/aromatic N) is 2. The molecule has 0 saturated heterocycles. The highest BCUT2D eigenvalue weighted by Crippen LogP contribution is 2.38. The third-order valence-electron chi connectivity index (χ3n) is 3.12. The summed E-state index contributed by atoms with van der Waals surface area (Å²) in [5.74, 6) is 0. The molecule has 6 heteroatoms. The van der Waals surface area contributed by atoms with Crippen LogP contribution in [0, 0.1) is 11.3 Å². The highest BCUT2D eigenvalue weighted by Gasteiger charge is 2.39. The zero-order chi connectivity index (χ0) is 13.0. The first-order valence-corrected chi connectivity index (χ1v) is 6.94. The van der Waals surface area contributed by atoms with Gasteiger partial charge in [-0.3, -0.25) is 10.1 Å². The molecule has 96 valence electrons. The number of hydrogen-bond donors (Lipinski definition) is 2. The van der Waals surface area contributed by atoms with Crippen LogP contribution in [0.4, 0.5) is 0 Å². The summed E-state index contributed by atoms with van der Waals surface area (Å²) in [4.78, 5) is 18.0. The van der Waals surface area contributed by atoms with Crippen LogP contribution >= 0.6 is 11.8 Å². The van der Waals surface area contributed by atoms with Gasteiger partial charge in [0.2, 0.25) is 0 Å². The molecule has 1 aromatic rings. The SMILES string of the molecule is CCNC1(C#N)CCC(Sc2nccc(=O)[nH]2)C1. The van der Waals surface area contributed by atoms with Gasteiger partial charge in [-0.15, -0.1) is 0 Å². The van der Waals surface area contributed by atoms with Gasteiger partial charge in [-0.1, -0.05) is 18.7 Å². The summed E-state index contributed by atoms with van der Waals surface area (Å²) in [6.45, 7) is 2.81. The highest BCUT2D eigenvalue weighted by molar-refractivity contribution is 7.99. The van der Waals surface area contributed by atoms with E-state index in [-0.39, 0.29) is 5.56 Å². The Morgan fingerprint density at radius 3 is 3.28 bits per heavy atom. The summed E-state index contributed by atoms with van der Waals surface area (Å²) >= 11 is 1.55. The molecule has 1 aliphatic rings. The van der Waals surface area contributed by atoms with Gasteiger partial charge in [0, 0.05) is 17.5 Å². The summed E-state index contributed by atoms with van der Waals surface area (Å²) in [5, 5.41) is 13.5. The standard InChI is InChI=1S/C12H16N4OS/c1-2-15-12(8-13)5-3-9(7-12)18-11-14-6-4-10(17)16-11/h4,6,9,15H,2-3,5,7H2,1H3,(H,14,16,17). The number of thioether (sulfide) groups is 1. The molecule has 5 nitrogen and oxygen atoms in total. The van der Waals surface area contributed by atoms with E-state index in [1.807, 2.05) is 6.92 Å². The van der Waals surface area contributed by atoms with Crippen molar-refractivity contribution < 1.29 is 0 Å². The normalized spacial score (nSPS) is 27.0. The molecule has 0 radical (unpaired) electrons. The van der Waals surface area contributed by atoms with Crippen molar-refractivity contribution in [3.63, 3.8) is 0 Å². The molecule has 1 saturated carbocycles. The lowest BCUT2D eigenvalue weighted by molar-refractivity contribution is 0.436. The number of aromatic nitrogens is 2.